The number of methoxy groups -OCH3 is 1. The summed E-state index contributed by atoms with van der Waals surface area (Å²) in [6.45, 7) is 7.92. The van der Waals surface area contributed by atoms with Crippen LogP contribution in [0.3, 0.4) is 0 Å². The van der Waals surface area contributed by atoms with Crippen molar-refractivity contribution >= 4 is 5.97 Å². The molecule has 21 heavy (non-hydrogen) atoms. The molecule has 4 heteroatoms. The first-order valence-corrected chi connectivity index (χ1v) is 6.11. The Bertz CT molecular complexity index is 545. The molecule has 0 aliphatic rings. The smallest absolute Gasteiger partial charge is 0.354 e. The van der Waals surface area contributed by atoms with Crippen LogP contribution >= 0.6 is 0 Å². The molecular formula is C17H29NO3. The lowest BCUT2D eigenvalue weighted by Crippen LogP contribution is -2.07. The van der Waals surface area contributed by atoms with Crippen molar-refractivity contribution in [1.29, 1.82) is 0 Å². The molecular weight excluding hydrogens is 266 g/mol. The second-order valence-corrected chi connectivity index (χ2v) is 4.51. The van der Waals surface area contributed by atoms with Gasteiger partial charge in [0.2, 0.25) is 0 Å². The summed E-state index contributed by atoms with van der Waals surface area (Å²) in [4.78, 5) is 11.0. The first-order chi connectivity index (χ1) is 8.86. The minimum absolute atomic E-state index is 0. The van der Waals surface area contributed by atoms with E-state index in [1.54, 1.807) is 10.6 Å². The van der Waals surface area contributed by atoms with Crippen LogP contribution in [0.1, 0.15) is 48.1 Å². The van der Waals surface area contributed by atoms with Gasteiger partial charge in [-0.3, -0.25) is 0 Å². The molecule has 0 aliphatic carbocycles. The van der Waals surface area contributed by atoms with Gasteiger partial charge in [0, 0.05) is 12.7 Å². The molecule has 2 rings (SSSR count). The summed E-state index contributed by atoms with van der Waals surface area (Å²) < 4.78 is 11.6. The minimum atomic E-state index is -0.291. The molecule has 4 nitrogen and oxygen atoms in total. The third kappa shape index (κ3) is 5.50. The number of hydrogen-bond donors (Lipinski definition) is 0. The van der Waals surface area contributed by atoms with E-state index in [0.29, 0.717) is 5.69 Å². The van der Waals surface area contributed by atoms with Crippen LogP contribution < -0.4 is 0 Å². The van der Waals surface area contributed by atoms with Crippen LogP contribution in [0.2, 0.25) is 0 Å². The molecule has 0 saturated carbocycles. The van der Waals surface area contributed by atoms with Gasteiger partial charge in [0.15, 0.2) is 0 Å². The van der Waals surface area contributed by atoms with Crippen molar-refractivity contribution in [3.05, 3.63) is 46.7 Å². The Balaban J connectivity index is 0. The summed E-state index contributed by atoms with van der Waals surface area (Å²) in [5.41, 5.74) is 2.87. The average molecular weight is 295 g/mol. The number of hydrogen-bond acceptors (Lipinski definition) is 3. The van der Waals surface area contributed by atoms with Gasteiger partial charge < -0.3 is 13.7 Å². The van der Waals surface area contributed by atoms with E-state index in [9.17, 15) is 4.79 Å². The van der Waals surface area contributed by atoms with Crippen LogP contribution in [0.15, 0.2) is 22.6 Å². The summed E-state index contributed by atoms with van der Waals surface area (Å²) in [5.74, 6) is 1.74. The van der Waals surface area contributed by atoms with E-state index in [-0.39, 0.29) is 20.8 Å². The number of rotatable bonds is 1. The summed E-state index contributed by atoms with van der Waals surface area (Å²) in [6.07, 6.45) is 0. The summed E-state index contributed by atoms with van der Waals surface area (Å²) in [6, 6.07) is 5.67. The number of carbonyl (C=O) groups excluding carboxylic acids is 1. The number of carbonyl (C=O) groups is 1. The van der Waals surface area contributed by atoms with Crippen LogP contribution in [-0.2, 0) is 11.8 Å². The van der Waals surface area contributed by atoms with Crippen molar-refractivity contribution in [2.24, 2.45) is 7.05 Å². The zero-order valence-corrected chi connectivity index (χ0v) is 12.4. The summed E-state index contributed by atoms with van der Waals surface area (Å²) >= 11 is 0. The van der Waals surface area contributed by atoms with Crippen LogP contribution in [0, 0.1) is 27.7 Å². The van der Waals surface area contributed by atoms with Crippen molar-refractivity contribution in [2.75, 3.05) is 7.11 Å². The van der Waals surface area contributed by atoms with Gasteiger partial charge >= 0.3 is 5.97 Å². The molecule has 2 aromatic heterocycles. The van der Waals surface area contributed by atoms with Crippen molar-refractivity contribution in [2.45, 2.75) is 42.5 Å². The molecule has 2 aromatic rings. The van der Waals surface area contributed by atoms with E-state index in [4.69, 9.17) is 4.42 Å². The van der Waals surface area contributed by atoms with Crippen molar-refractivity contribution in [3.8, 4) is 0 Å². The highest BCUT2D eigenvalue weighted by Crippen LogP contribution is 2.10. The first kappa shape index (κ1) is 21.3. The van der Waals surface area contributed by atoms with Crippen LogP contribution in [-0.4, -0.2) is 17.6 Å². The normalized spacial score (nSPS) is 8.86. The second kappa shape index (κ2) is 9.06. The second-order valence-electron chi connectivity index (χ2n) is 4.51. The Labute approximate surface area is 128 Å². The highest BCUT2D eigenvalue weighted by molar-refractivity contribution is 5.87. The zero-order valence-electron chi connectivity index (χ0n) is 12.4. The molecule has 0 bridgehead atoms. The Morgan fingerprint density at radius 2 is 1.71 bits per heavy atom. The average Bonchev–Trinajstić information content (AvgIpc) is 2.83. The molecule has 0 spiro atoms. The predicted octanol–water partition coefficient (Wildman–Crippen LogP) is 4.60. The molecule has 0 N–H and O–H groups in total. The molecule has 0 atom stereocenters. The molecule has 0 unspecified atom stereocenters. The number of ether oxygens (including phenoxy) is 1. The fraction of sp³-hybridized carbons (Fsp3) is 0.471. The monoisotopic (exact) mass is 295 g/mol. The van der Waals surface area contributed by atoms with Gasteiger partial charge in [-0.1, -0.05) is 14.9 Å². The third-order valence-corrected chi connectivity index (χ3v) is 3.06. The minimum Gasteiger partial charge on any atom is -0.466 e. The first-order valence-electron chi connectivity index (χ1n) is 6.11. The molecule has 0 fully saturated rings. The maximum Gasteiger partial charge on any atom is 0.354 e. The van der Waals surface area contributed by atoms with Crippen molar-refractivity contribution < 1.29 is 13.9 Å². The van der Waals surface area contributed by atoms with Crippen LogP contribution in [0.4, 0.5) is 0 Å². The van der Waals surface area contributed by atoms with Gasteiger partial charge in [0.05, 0.1) is 7.11 Å². The molecule has 0 amide bonds. The number of nitrogens with zero attached hydrogens (tertiary/aromatic N) is 1. The molecule has 0 saturated heterocycles. The van der Waals surface area contributed by atoms with E-state index in [1.807, 2.05) is 46.9 Å². The topological polar surface area (TPSA) is 44.4 Å². The standard InChI is InChI=1S/C8H11NO2.C7H10O.2CH4/c1-6-4-5-7(9(6)2)8(10)11-3;1-5-4-6(2)8-7(5)3;;/h4-5H,1-3H3;4H,1-3H3;2*1H4. The number of esters is 1. The molecule has 0 aromatic carbocycles. The Kier molecular flexibility index (Phi) is 9.20. The Morgan fingerprint density at radius 1 is 1.14 bits per heavy atom. The lowest BCUT2D eigenvalue weighted by molar-refractivity contribution is 0.0589. The molecule has 120 valence electrons. The van der Waals surface area contributed by atoms with E-state index in [2.05, 4.69) is 4.74 Å². The van der Waals surface area contributed by atoms with Gasteiger partial charge in [-0.25, -0.2) is 4.79 Å². The molecule has 2 heterocycles. The van der Waals surface area contributed by atoms with E-state index >= 15 is 0 Å². The third-order valence-electron chi connectivity index (χ3n) is 3.06. The lowest BCUT2D eigenvalue weighted by atomic mass is 10.3. The SMILES string of the molecule is C.C.COC(=O)c1ccc(C)n1C.Cc1cc(C)c(C)o1. The van der Waals surface area contributed by atoms with Crippen molar-refractivity contribution in [1.82, 2.24) is 4.57 Å². The summed E-state index contributed by atoms with van der Waals surface area (Å²) in [7, 11) is 3.21. The predicted molar refractivity (Wildman–Crippen MR) is 87.9 cm³/mol. The van der Waals surface area contributed by atoms with Crippen LogP contribution in [0.5, 0.6) is 0 Å². The van der Waals surface area contributed by atoms with Gasteiger partial charge in [-0.15, -0.1) is 0 Å². The molecule has 0 aliphatic heterocycles. The largest absolute Gasteiger partial charge is 0.466 e. The quantitative estimate of drug-likeness (QED) is 0.722. The lowest BCUT2D eigenvalue weighted by Gasteiger charge is -2.01. The fourth-order valence-corrected chi connectivity index (χ4v) is 1.68. The van der Waals surface area contributed by atoms with Gasteiger partial charge in [-0.05, 0) is 51.5 Å². The van der Waals surface area contributed by atoms with Gasteiger partial charge in [0.1, 0.15) is 17.2 Å². The van der Waals surface area contributed by atoms with E-state index in [0.717, 1.165) is 17.2 Å². The fourth-order valence-electron chi connectivity index (χ4n) is 1.68. The molecule has 0 radical (unpaired) electrons. The van der Waals surface area contributed by atoms with E-state index in [1.165, 1.54) is 12.7 Å². The maximum atomic E-state index is 11.0. The van der Waals surface area contributed by atoms with Gasteiger partial charge in [-0.2, -0.15) is 0 Å². The number of aryl methyl sites for hydroxylation is 4. The highest BCUT2D eigenvalue weighted by Gasteiger charge is 2.09. The zero-order chi connectivity index (χ0) is 14.6. The number of aromatic nitrogens is 1. The van der Waals surface area contributed by atoms with Gasteiger partial charge in [0.25, 0.3) is 0 Å². The Hall–Kier alpha value is -1.97. The Morgan fingerprint density at radius 3 is 1.95 bits per heavy atom. The number of furan rings is 1. The van der Waals surface area contributed by atoms with E-state index < -0.39 is 0 Å². The summed E-state index contributed by atoms with van der Waals surface area (Å²) in [5, 5.41) is 0. The highest BCUT2D eigenvalue weighted by atomic mass is 16.5. The maximum absolute atomic E-state index is 11.0. The van der Waals surface area contributed by atoms with Crippen LogP contribution in [0.25, 0.3) is 0 Å². The van der Waals surface area contributed by atoms with Crippen molar-refractivity contribution in [3.63, 3.8) is 0 Å².